The lowest BCUT2D eigenvalue weighted by Crippen LogP contribution is -2.48. The van der Waals surface area contributed by atoms with Gasteiger partial charge in [-0.2, -0.15) is 4.31 Å². The van der Waals surface area contributed by atoms with Gasteiger partial charge in [-0.1, -0.05) is 17.4 Å². The van der Waals surface area contributed by atoms with Gasteiger partial charge in [-0.15, -0.1) is 0 Å². The molecule has 5 rings (SSSR count). The first-order chi connectivity index (χ1) is 15.4. The molecule has 0 atom stereocenters. The summed E-state index contributed by atoms with van der Waals surface area (Å²) >= 11 is 1.69. The molecule has 0 N–H and O–H groups in total. The van der Waals surface area contributed by atoms with Gasteiger partial charge in [-0.25, -0.2) is 13.4 Å². The molecule has 32 heavy (non-hydrogen) atoms. The highest BCUT2D eigenvalue weighted by Crippen LogP contribution is 2.30. The molecule has 2 saturated heterocycles. The molecule has 0 unspecified atom stereocenters. The highest BCUT2D eigenvalue weighted by atomic mass is 32.2. The molecule has 2 fully saturated rings. The van der Waals surface area contributed by atoms with Gasteiger partial charge >= 0.3 is 0 Å². The third kappa shape index (κ3) is 4.00. The lowest BCUT2D eigenvalue weighted by molar-refractivity contribution is 0.0746. The van der Waals surface area contributed by atoms with Crippen LogP contribution in [0.15, 0.2) is 47.4 Å². The number of anilines is 1. The number of hydrogen-bond donors (Lipinski definition) is 0. The van der Waals surface area contributed by atoms with Gasteiger partial charge < -0.3 is 9.80 Å². The zero-order chi connectivity index (χ0) is 22.3. The van der Waals surface area contributed by atoms with E-state index < -0.39 is 10.0 Å². The Morgan fingerprint density at radius 1 is 0.938 bits per heavy atom. The maximum atomic E-state index is 13.0. The fourth-order valence-corrected chi connectivity index (χ4v) is 6.92. The maximum absolute atomic E-state index is 13.0. The van der Waals surface area contributed by atoms with Crippen molar-refractivity contribution in [1.82, 2.24) is 14.2 Å². The van der Waals surface area contributed by atoms with Gasteiger partial charge in [0.2, 0.25) is 10.0 Å². The van der Waals surface area contributed by atoms with Crippen molar-refractivity contribution in [3.63, 3.8) is 0 Å². The predicted octanol–water partition coefficient (Wildman–Crippen LogP) is 3.35. The largest absolute Gasteiger partial charge is 0.345 e. The monoisotopic (exact) mass is 470 g/mol. The Labute approximate surface area is 192 Å². The molecule has 0 spiro atoms. The first-order valence-corrected chi connectivity index (χ1v) is 13.2. The Kier molecular flexibility index (Phi) is 5.65. The number of carbonyl (C=O) groups is 1. The van der Waals surface area contributed by atoms with E-state index in [1.807, 2.05) is 4.90 Å². The molecule has 0 saturated carbocycles. The summed E-state index contributed by atoms with van der Waals surface area (Å²) in [5, 5.41) is 0.995. The second-order valence-electron chi connectivity index (χ2n) is 8.38. The Bertz CT molecular complexity index is 1240. The predicted molar refractivity (Wildman–Crippen MR) is 127 cm³/mol. The normalized spacial score (nSPS) is 17.9. The number of piperazine rings is 1. The van der Waals surface area contributed by atoms with E-state index in [2.05, 4.69) is 30.0 Å². The third-order valence-electron chi connectivity index (χ3n) is 6.17. The number of hydrogen-bond acceptors (Lipinski definition) is 6. The molecule has 0 bridgehead atoms. The van der Waals surface area contributed by atoms with E-state index in [9.17, 15) is 13.2 Å². The minimum atomic E-state index is -3.46. The quantitative estimate of drug-likeness (QED) is 0.585. The van der Waals surface area contributed by atoms with Gasteiger partial charge in [0.25, 0.3) is 5.91 Å². The number of benzene rings is 2. The van der Waals surface area contributed by atoms with E-state index in [1.165, 1.54) is 14.6 Å². The van der Waals surface area contributed by atoms with E-state index in [-0.39, 0.29) is 10.8 Å². The summed E-state index contributed by atoms with van der Waals surface area (Å²) in [4.78, 5) is 22.0. The Hall–Kier alpha value is -2.49. The third-order valence-corrected chi connectivity index (χ3v) is 9.17. The molecule has 7 nitrogen and oxygen atoms in total. The average Bonchev–Trinajstić information content (AvgIpc) is 3.49. The summed E-state index contributed by atoms with van der Waals surface area (Å²) in [7, 11) is -3.46. The summed E-state index contributed by atoms with van der Waals surface area (Å²) < 4.78 is 28.1. The van der Waals surface area contributed by atoms with Gasteiger partial charge in [0.15, 0.2) is 5.13 Å². The highest BCUT2D eigenvalue weighted by Gasteiger charge is 2.28. The minimum Gasteiger partial charge on any atom is -0.345 e. The topological polar surface area (TPSA) is 73.8 Å². The van der Waals surface area contributed by atoms with Crippen molar-refractivity contribution in [2.75, 3.05) is 44.2 Å². The Balaban J connectivity index is 1.24. The van der Waals surface area contributed by atoms with E-state index in [4.69, 9.17) is 4.98 Å². The second kappa shape index (κ2) is 8.46. The number of nitrogens with zero attached hydrogens (tertiary/aromatic N) is 4. The molecule has 3 aromatic rings. The van der Waals surface area contributed by atoms with Crippen LogP contribution in [0.3, 0.4) is 0 Å². The van der Waals surface area contributed by atoms with Crippen LogP contribution in [0, 0.1) is 6.92 Å². The standard InChI is InChI=1S/C23H26N4O3S2/c1-17-4-9-20-21(16-17)31-23(24-20)26-14-12-25(13-15-26)22(28)18-5-7-19(8-6-18)32(29,30)27-10-2-3-11-27/h4-9,16H,2-3,10-15H2,1H3. The SMILES string of the molecule is Cc1ccc2nc(N3CCN(C(=O)c4ccc(S(=O)(=O)N5CCCC5)cc4)CC3)sc2c1. The Morgan fingerprint density at radius 3 is 2.31 bits per heavy atom. The number of fused-ring (bicyclic) bond motifs is 1. The fourth-order valence-electron chi connectivity index (χ4n) is 4.29. The fraction of sp³-hybridized carbons (Fsp3) is 0.391. The van der Waals surface area contributed by atoms with E-state index in [0.717, 1.165) is 36.6 Å². The number of aromatic nitrogens is 1. The smallest absolute Gasteiger partial charge is 0.253 e. The summed E-state index contributed by atoms with van der Waals surface area (Å²) in [6, 6.07) is 12.7. The van der Waals surface area contributed by atoms with Gasteiger partial charge in [-0.05, 0) is 61.7 Å². The first kappa shape index (κ1) is 21.4. The van der Waals surface area contributed by atoms with Crippen LogP contribution in [-0.2, 0) is 10.0 Å². The molecule has 2 aliphatic rings. The number of aryl methyl sites for hydroxylation is 1. The Morgan fingerprint density at radius 2 is 1.62 bits per heavy atom. The molecule has 168 valence electrons. The van der Waals surface area contributed by atoms with Crippen LogP contribution in [0.1, 0.15) is 28.8 Å². The van der Waals surface area contributed by atoms with Crippen LogP contribution in [0.25, 0.3) is 10.2 Å². The van der Waals surface area contributed by atoms with Crippen molar-refractivity contribution in [1.29, 1.82) is 0 Å². The van der Waals surface area contributed by atoms with Crippen molar-refractivity contribution >= 4 is 42.6 Å². The number of carbonyl (C=O) groups excluding carboxylic acids is 1. The van der Waals surface area contributed by atoms with Crippen molar-refractivity contribution in [3.8, 4) is 0 Å². The molecule has 2 aliphatic heterocycles. The molecule has 0 radical (unpaired) electrons. The lowest BCUT2D eigenvalue weighted by Gasteiger charge is -2.34. The van der Waals surface area contributed by atoms with Crippen molar-refractivity contribution < 1.29 is 13.2 Å². The van der Waals surface area contributed by atoms with Gasteiger partial charge in [0.05, 0.1) is 15.1 Å². The zero-order valence-corrected chi connectivity index (χ0v) is 19.7. The number of thiazole rings is 1. The molecule has 1 aromatic heterocycles. The van der Waals surface area contributed by atoms with E-state index in [1.54, 1.807) is 35.6 Å². The molecular formula is C23H26N4O3S2. The van der Waals surface area contributed by atoms with Crippen molar-refractivity contribution in [2.45, 2.75) is 24.7 Å². The molecule has 2 aromatic carbocycles. The number of sulfonamides is 1. The first-order valence-electron chi connectivity index (χ1n) is 10.9. The van der Waals surface area contributed by atoms with Crippen molar-refractivity contribution in [2.24, 2.45) is 0 Å². The summed E-state index contributed by atoms with van der Waals surface area (Å²) in [6.45, 7) is 5.90. The van der Waals surface area contributed by atoms with E-state index in [0.29, 0.717) is 31.7 Å². The molecule has 0 aliphatic carbocycles. The molecule has 3 heterocycles. The second-order valence-corrected chi connectivity index (χ2v) is 11.3. The van der Waals surface area contributed by atoms with Crippen LogP contribution in [0.4, 0.5) is 5.13 Å². The zero-order valence-electron chi connectivity index (χ0n) is 18.0. The van der Waals surface area contributed by atoms with Crippen LogP contribution in [0.2, 0.25) is 0 Å². The van der Waals surface area contributed by atoms with Crippen LogP contribution in [0.5, 0.6) is 0 Å². The number of amides is 1. The lowest BCUT2D eigenvalue weighted by atomic mass is 10.2. The van der Waals surface area contributed by atoms with Crippen molar-refractivity contribution in [3.05, 3.63) is 53.6 Å². The maximum Gasteiger partial charge on any atom is 0.253 e. The average molecular weight is 471 g/mol. The van der Waals surface area contributed by atoms with Gasteiger partial charge in [0.1, 0.15) is 0 Å². The van der Waals surface area contributed by atoms with Gasteiger partial charge in [0, 0.05) is 44.8 Å². The summed E-state index contributed by atoms with van der Waals surface area (Å²) in [6.07, 6.45) is 1.80. The van der Waals surface area contributed by atoms with Crippen LogP contribution in [-0.4, -0.2) is 67.8 Å². The molecule has 1 amide bonds. The molecule has 9 heteroatoms. The molecular weight excluding hydrogens is 444 g/mol. The summed E-state index contributed by atoms with van der Waals surface area (Å²) in [5.74, 6) is -0.0605. The highest BCUT2D eigenvalue weighted by molar-refractivity contribution is 7.89. The van der Waals surface area contributed by atoms with Crippen LogP contribution < -0.4 is 4.90 Å². The number of rotatable bonds is 4. The minimum absolute atomic E-state index is 0.0605. The summed E-state index contributed by atoms with van der Waals surface area (Å²) in [5.41, 5.74) is 2.76. The van der Waals surface area contributed by atoms with Gasteiger partial charge in [-0.3, -0.25) is 4.79 Å². The van der Waals surface area contributed by atoms with Crippen LogP contribution >= 0.6 is 11.3 Å². The van der Waals surface area contributed by atoms with E-state index >= 15 is 0 Å².